The van der Waals surface area contributed by atoms with E-state index in [1.165, 1.54) is 19.3 Å². The van der Waals surface area contributed by atoms with Crippen LogP contribution in [-0.4, -0.2) is 26.9 Å². The van der Waals surface area contributed by atoms with Crippen molar-refractivity contribution >= 4 is 17.7 Å². The molecular weight excluding hydrogens is 332 g/mol. The molecule has 1 heterocycles. The van der Waals surface area contributed by atoms with Crippen molar-refractivity contribution in [2.75, 3.05) is 6.26 Å². The predicted octanol–water partition coefficient (Wildman–Crippen LogP) is 3.52. The smallest absolute Gasteiger partial charge is 0.228 e. The van der Waals surface area contributed by atoms with Gasteiger partial charge in [-0.25, -0.2) is 0 Å². The summed E-state index contributed by atoms with van der Waals surface area (Å²) in [6, 6.07) is 10.2. The Hall–Kier alpha value is -1.82. The lowest BCUT2D eigenvalue weighted by Gasteiger charge is -2.29. The van der Waals surface area contributed by atoms with Crippen molar-refractivity contribution in [1.82, 2.24) is 20.1 Å². The Morgan fingerprint density at radius 2 is 1.96 bits per heavy atom. The second-order valence-corrected chi connectivity index (χ2v) is 7.44. The average molecular weight is 359 g/mol. The number of nitrogens with one attached hydrogen (secondary N) is 1. The summed E-state index contributed by atoms with van der Waals surface area (Å²) in [5.74, 6) is 1.24. The molecule has 1 atom stereocenters. The van der Waals surface area contributed by atoms with E-state index in [2.05, 4.69) is 27.6 Å². The standard InChI is InChI=1S/C19H26N4OS/c1-23-16(21-22-19(23)25-2)13-20-18(24)17(14-9-5-3-6-10-14)15-11-7-4-8-12-15/h3,5-6,9-10,15,17H,4,7-8,11-13H2,1-2H3,(H,20,24). The van der Waals surface area contributed by atoms with E-state index in [1.54, 1.807) is 11.8 Å². The summed E-state index contributed by atoms with van der Waals surface area (Å²) in [7, 11) is 1.93. The second-order valence-electron chi connectivity index (χ2n) is 6.67. The Kier molecular flexibility index (Phi) is 6.13. The van der Waals surface area contributed by atoms with E-state index in [-0.39, 0.29) is 11.8 Å². The van der Waals surface area contributed by atoms with E-state index in [4.69, 9.17) is 0 Å². The fourth-order valence-electron chi connectivity index (χ4n) is 3.72. The van der Waals surface area contributed by atoms with Gasteiger partial charge in [-0.3, -0.25) is 4.79 Å². The third kappa shape index (κ3) is 4.24. The zero-order chi connectivity index (χ0) is 17.6. The molecule has 0 bridgehead atoms. The van der Waals surface area contributed by atoms with Gasteiger partial charge in [0, 0.05) is 7.05 Å². The Morgan fingerprint density at radius 1 is 1.24 bits per heavy atom. The van der Waals surface area contributed by atoms with Gasteiger partial charge in [0.1, 0.15) is 0 Å². The molecule has 5 nitrogen and oxygen atoms in total. The van der Waals surface area contributed by atoms with Gasteiger partial charge in [-0.05, 0) is 30.6 Å². The zero-order valence-corrected chi connectivity index (χ0v) is 15.8. The summed E-state index contributed by atoms with van der Waals surface area (Å²) < 4.78 is 1.93. The van der Waals surface area contributed by atoms with Crippen LogP contribution in [0.3, 0.4) is 0 Å². The molecule has 1 aliphatic carbocycles. The number of benzene rings is 1. The van der Waals surface area contributed by atoms with E-state index in [0.29, 0.717) is 12.5 Å². The minimum absolute atomic E-state index is 0.0743. The average Bonchev–Trinajstić information content (AvgIpc) is 3.02. The first-order valence-corrected chi connectivity index (χ1v) is 10.2. The molecule has 1 aliphatic rings. The molecule has 6 heteroatoms. The van der Waals surface area contributed by atoms with Crippen LogP contribution >= 0.6 is 11.8 Å². The van der Waals surface area contributed by atoms with Gasteiger partial charge in [0.05, 0.1) is 12.5 Å². The van der Waals surface area contributed by atoms with Crippen LogP contribution < -0.4 is 5.32 Å². The number of carbonyl (C=O) groups excluding carboxylic acids is 1. The molecule has 0 spiro atoms. The van der Waals surface area contributed by atoms with Crippen molar-refractivity contribution in [3.63, 3.8) is 0 Å². The van der Waals surface area contributed by atoms with Crippen molar-refractivity contribution in [2.24, 2.45) is 13.0 Å². The largest absolute Gasteiger partial charge is 0.348 e. The number of rotatable bonds is 6. The molecule has 1 saturated carbocycles. The van der Waals surface area contributed by atoms with Crippen LogP contribution in [0.1, 0.15) is 49.4 Å². The number of nitrogens with zero attached hydrogens (tertiary/aromatic N) is 3. The first kappa shape index (κ1) is 18.0. The molecule has 1 fully saturated rings. The Balaban J connectivity index is 1.73. The third-order valence-electron chi connectivity index (χ3n) is 5.09. The van der Waals surface area contributed by atoms with Crippen molar-refractivity contribution in [3.05, 3.63) is 41.7 Å². The first-order valence-electron chi connectivity index (χ1n) is 8.95. The number of hydrogen-bond donors (Lipinski definition) is 1. The lowest BCUT2D eigenvalue weighted by Crippen LogP contribution is -2.34. The second kappa shape index (κ2) is 8.52. The molecule has 1 amide bonds. The molecule has 0 radical (unpaired) electrons. The fraction of sp³-hybridized carbons (Fsp3) is 0.526. The molecular formula is C19H26N4OS. The number of amides is 1. The molecule has 25 heavy (non-hydrogen) atoms. The van der Waals surface area contributed by atoms with Crippen LogP contribution in [0, 0.1) is 5.92 Å². The maximum atomic E-state index is 13.0. The van der Waals surface area contributed by atoms with Gasteiger partial charge in [-0.2, -0.15) is 0 Å². The van der Waals surface area contributed by atoms with Gasteiger partial charge in [0.2, 0.25) is 5.91 Å². The van der Waals surface area contributed by atoms with Crippen LogP contribution in [0.4, 0.5) is 0 Å². The quantitative estimate of drug-likeness (QED) is 0.803. The zero-order valence-electron chi connectivity index (χ0n) is 14.9. The van der Waals surface area contributed by atoms with Gasteiger partial charge in [0.25, 0.3) is 0 Å². The lowest BCUT2D eigenvalue weighted by atomic mass is 9.76. The maximum absolute atomic E-state index is 13.0. The summed E-state index contributed by atoms with van der Waals surface area (Å²) in [6.07, 6.45) is 7.97. The molecule has 0 saturated heterocycles. The van der Waals surface area contributed by atoms with Crippen LogP contribution in [0.2, 0.25) is 0 Å². The van der Waals surface area contributed by atoms with E-state index < -0.39 is 0 Å². The van der Waals surface area contributed by atoms with E-state index in [1.807, 2.05) is 36.1 Å². The van der Waals surface area contributed by atoms with Crippen molar-refractivity contribution in [2.45, 2.75) is 49.7 Å². The van der Waals surface area contributed by atoms with Crippen LogP contribution in [-0.2, 0) is 18.4 Å². The predicted molar refractivity (Wildman–Crippen MR) is 100 cm³/mol. The van der Waals surface area contributed by atoms with Crippen molar-refractivity contribution in [1.29, 1.82) is 0 Å². The molecule has 1 unspecified atom stereocenters. The van der Waals surface area contributed by atoms with Gasteiger partial charge in [0.15, 0.2) is 11.0 Å². The van der Waals surface area contributed by atoms with E-state index in [9.17, 15) is 4.79 Å². The summed E-state index contributed by atoms with van der Waals surface area (Å²) >= 11 is 1.55. The van der Waals surface area contributed by atoms with Gasteiger partial charge < -0.3 is 9.88 Å². The van der Waals surface area contributed by atoms with Gasteiger partial charge in [-0.15, -0.1) is 10.2 Å². The molecule has 3 rings (SSSR count). The molecule has 1 aromatic heterocycles. The van der Waals surface area contributed by atoms with E-state index >= 15 is 0 Å². The Labute approximate surface area is 153 Å². The molecule has 0 aliphatic heterocycles. The fourth-order valence-corrected chi connectivity index (χ4v) is 4.22. The maximum Gasteiger partial charge on any atom is 0.228 e. The van der Waals surface area contributed by atoms with Gasteiger partial charge in [-0.1, -0.05) is 61.4 Å². The molecule has 1 N–H and O–H groups in total. The Morgan fingerprint density at radius 3 is 2.60 bits per heavy atom. The summed E-state index contributed by atoms with van der Waals surface area (Å²) in [4.78, 5) is 13.0. The Bertz CT molecular complexity index is 695. The highest BCUT2D eigenvalue weighted by Crippen LogP contribution is 2.36. The minimum Gasteiger partial charge on any atom is -0.348 e. The number of thioether (sulfide) groups is 1. The van der Waals surface area contributed by atoms with Crippen molar-refractivity contribution in [3.8, 4) is 0 Å². The SMILES string of the molecule is CSc1nnc(CNC(=O)C(c2ccccc2)C2CCCCC2)n1C. The molecule has 134 valence electrons. The molecule has 1 aromatic carbocycles. The minimum atomic E-state index is -0.0743. The summed E-state index contributed by atoms with van der Waals surface area (Å²) in [5.41, 5.74) is 1.12. The normalized spacial score (nSPS) is 16.6. The monoisotopic (exact) mass is 358 g/mol. The van der Waals surface area contributed by atoms with Crippen molar-refractivity contribution < 1.29 is 4.79 Å². The number of aromatic nitrogens is 3. The third-order valence-corrected chi connectivity index (χ3v) is 5.81. The summed E-state index contributed by atoms with van der Waals surface area (Å²) in [5, 5.41) is 12.3. The highest BCUT2D eigenvalue weighted by Gasteiger charge is 2.30. The number of hydrogen-bond acceptors (Lipinski definition) is 4. The van der Waals surface area contributed by atoms with Crippen LogP contribution in [0.25, 0.3) is 0 Å². The van der Waals surface area contributed by atoms with Gasteiger partial charge >= 0.3 is 0 Å². The van der Waals surface area contributed by atoms with Crippen LogP contribution in [0.5, 0.6) is 0 Å². The van der Waals surface area contributed by atoms with E-state index in [0.717, 1.165) is 29.4 Å². The first-order chi connectivity index (χ1) is 12.2. The highest BCUT2D eigenvalue weighted by atomic mass is 32.2. The highest BCUT2D eigenvalue weighted by molar-refractivity contribution is 7.98. The van der Waals surface area contributed by atoms with Crippen LogP contribution in [0.15, 0.2) is 35.5 Å². The topological polar surface area (TPSA) is 59.8 Å². The molecule has 2 aromatic rings. The number of carbonyl (C=O) groups is 1. The lowest BCUT2D eigenvalue weighted by molar-refractivity contribution is -0.124. The summed E-state index contributed by atoms with van der Waals surface area (Å²) in [6.45, 7) is 0.416.